The predicted molar refractivity (Wildman–Crippen MR) is 110 cm³/mol. The van der Waals surface area contributed by atoms with Crippen LogP contribution in [0, 0.1) is 5.82 Å². The average molecular weight is 401 g/mol. The van der Waals surface area contributed by atoms with Crippen molar-refractivity contribution in [3.05, 3.63) is 30.1 Å². The molecule has 0 spiro atoms. The van der Waals surface area contributed by atoms with Gasteiger partial charge in [-0.2, -0.15) is 4.98 Å². The summed E-state index contributed by atoms with van der Waals surface area (Å²) in [5, 5.41) is 3.47. The van der Waals surface area contributed by atoms with Crippen LogP contribution in [0.5, 0.6) is 0 Å². The standard InChI is InChI=1S/C20H28FN7O/c1-20(2,3)17-16(21)18(24-13-23-17)28-7-5-14(12-28)25-15-4-6-22-19(26-15)27-8-10-29-11-9-27/h4,6,13-14H,5,7-12H2,1-3H3,(H,22,25,26). The van der Waals surface area contributed by atoms with Gasteiger partial charge in [0.05, 0.1) is 18.9 Å². The first-order valence-electron chi connectivity index (χ1n) is 10.1. The number of aromatic nitrogens is 4. The van der Waals surface area contributed by atoms with E-state index in [-0.39, 0.29) is 17.3 Å². The molecule has 29 heavy (non-hydrogen) atoms. The summed E-state index contributed by atoms with van der Waals surface area (Å²) < 4.78 is 20.4. The molecule has 0 radical (unpaired) electrons. The van der Waals surface area contributed by atoms with E-state index in [1.807, 2.05) is 31.7 Å². The van der Waals surface area contributed by atoms with Crippen molar-refractivity contribution in [1.29, 1.82) is 0 Å². The topological polar surface area (TPSA) is 79.3 Å². The minimum absolute atomic E-state index is 0.162. The van der Waals surface area contributed by atoms with Crippen LogP contribution >= 0.6 is 0 Å². The third-order valence-corrected chi connectivity index (χ3v) is 5.26. The van der Waals surface area contributed by atoms with E-state index in [9.17, 15) is 0 Å². The van der Waals surface area contributed by atoms with Gasteiger partial charge in [0.25, 0.3) is 0 Å². The molecule has 0 saturated carbocycles. The molecule has 1 unspecified atom stereocenters. The van der Waals surface area contributed by atoms with Crippen molar-refractivity contribution < 1.29 is 9.13 Å². The van der Waals surface area contributed by atoms with Crippen LogP contribution in [0.25, 0.3) is 0 Å². The van der Waals surface area contributed by atoms with Gasteiger partial charge < -0.3 is 19.9 Å². The Kier molecular flexibility index (Phi) is 5.49. The maximum absolute atomic E-state index is 15.0. The third-order valence-electron chi connectivity index (χ3n) is 5.26. The lowest BCUT2D eigenvalue weighted by molar-refractivity contribution is 0.122. The molecule has 2 aliphatic rings. The second kappa shape index (κ2) is 8.06. The van der Waals surface area contributed by atoms with Gasteiger partial charge in [0.15, 0.2) is 11.6 Å². The van der Waals surface area contributed by atoms with Gasteiger partial charge in [-0.05, 0) is 12.5 Å². The summed E-state index contributed by atoms with van der Waals surface area (Å²) in [5.41, 5.74) is 0.0839. The van der Waals surface area contributed by atoms with E-state index in [0.29, 0.717) is 37.2 Å². The zero-order valence-corrected chi connectivity index (χ0v) is 17.2. The molecule has 1 N–H and O–H groups in total. The van der Waals surface area contributed by atoms with Crippen LogP contribution in [0.15, 0.2) is 18.6 Å². The number of nitrogens with zero attached hydrogens (tertiary/aromatic N) is 6. The summed E-state index contributed by atoms with van der Waals surface area (Å²) >= 11 is 0. The van der Waals surface area contributed by atoms with Crippen molar-refractivity contribution in [2.24, 2.45) is 0 Å². The summed E-state index contributed by atoms with van der Waals surface area (Å²) in [7, 11) is 0. The predicted octanol–water partition coefficient (Wildman–Crippen LogP) is 2.23. The van der Waals surface area contributed by atoms with Gasteiger partial charge in [-0.3, -0.25) is 0 Å². The Morgan fingerprint density at radius 1 is 1.10 bits per heavy atom. The van der Waals surface area contributed by atoms with Gasteiger partial charge in [-0.25, -0.2) is 19.3 Å². The normalized spacial score (nSPS) is 20.2. The highest BCUT2D eigenvalue weighted by Crippen LogP contribution is 2.29. The van der Waals surface area contributed by atoms with Crippen LogP contribution in [0.1, 0.15) is 32.9 Å². The monoisotopic (exact) mass is 401 g/mol. The second-order valence-electron chi connectivity index (χ2n) is 8.53. The van der Waals surface area contributed by atoms with Gasteiger partial charge in [0, 0.05) is 43.8 Å². The maximum Gasteiger partial charge on any atom is 0.227 e. The molecule has 2 aromatic rings. The molecule has 0 aromatic carbocycles. The lowest BCUT2D eigenvalue weighted by atomic mass is 9.91. The molecule has 8 nitrogen and oxygen atoms in total. The fourth-order valence-corrected chi connectivity index (χ4v) is 3.73. The molecule has 4 heterocycles. The lowest BCUT2D eigenvalue weighted by Gasteiger charge is -2.27. The highest BCUT2D eigenvalue weighted by atomic mass is 19.1. The molecule has 9 heteroatoms. The van der Waals surface area contributed by atoms with Crippen molar-refractivity contribution in [3.8, 4) is 0 Å². The highest BCUT2D eigenvalue weighted by Gasteiger charge is 2.30. The molecule has 2 fully saturated rings. The fourth-order valence-electron chi connectivity index (χ4n) is 3.73. The number of hydrogen-bond donors (Lipinski definition) is 1. The molecule has 0 amide bonds. The first-order chi connectivity index (χ1) is 13.9. The maximum atomic E-state index is 15.0. The molecule has 2 saturated heterocycles. The Morgan fingerprint density at radius 2 is 1.90 bits per heavy atom. The van der Waals surface area contributed by atoms with Crippen LogP contribution in [0.2, 0.25) is 0 Å². The van der Waals surface area contributed by atoms with Gasteiger partial charge in [-0.15, -0.1) is 0 Å². The molecule has 2 aliphatic heterocycles. The Bertz CT molecular complexity index is 851. The quantitative estimate of drug-likeness (QED) is 0.836. The van der Waals surface area contributed by atoms with E-state index in [1.165, 1.54) is 6.33 Å². The summed E-state index contributed by atoms with van der Waals surface area (Å²) in [6.07, 6.45) is 4.11. The van der Waals surface area contributed by atoms with Crippen molar-refractivity contribution >= 4 is 17.6 Å². The zero-order valence-electron chi connectivity index (χ0n) is 17.2. The number of anilines is 3. The molecule has 1 atom stereocenters. The molecular formula is C20H28FN7O. The van der Waals surface area contributed by atoms with E-state index in [4.69, 9.17) is 4.74 Å². The van der Waals surface area contributed by atoms with Crippen LogP contribution in [0.4, 0.5) is 22.0 Å². The van der Waals surface area contributed by atoms with Crippen molar-refractivity contribution in [2.45, 2.75) is 38.6 Å². The average Bonchev–Trinajstić information content (AvgIpc) is 3.16. The highest BCUT2D eigenvalue weighted by molar-refractivity contribution is 5.47. The molecule has 2 aromatic heterocycles. The fraction of sp³-hybridized carbons (Fsp3) is 0.600. The van der Waals surface area contributed by atoms with Crippen LogP contribution < -0.4 is 15.1 Å². The Morgan fingerprint density at radius 3 is 2.66 bits per heavy atom. The van der Waals surface area contributed by atoms with Gasteiger partial charge in [0.1, 0.15) is 12.1 Å². The van der Waals surface area contributed by atoms with Gasteiger partial charge in [0.2, 0.25) is 5.95 Å². The van der Waals surface area contributed by atoms with E-state index in [2.05, 4.69) is 30.2 Å². The number of halogens is 1. The summed E-state index contributed by atoms with van der Waals surface area (Å²) in [4.78, 5) is 21.5. The van der Waals surface area contributed by atoms with Crippen molar-refractivity contribution in [3.63, 3.8) is 0 Å². The molecular weight excluding hydrogens is 373 g/mol. The number of hydrogen-bond acceptors (Lipinski definition) is 8. The van der Waals surface area contributed by atoms with Crippen LogP contribution in [-0.4, -0.2) is 65.4 Å². The first-order valence-corrected chi connectivity index (χ1v) is 10.1. The lowest BCUT2D eigenvalue weighted by Crippen LogP contribution is -2.37. The Labute approximate surface area is 170 Å². The number of morpholine rings is 1. The van der Waals surface area contributed by atoms with Gasteiger partial charge in [-0.1, -0.05) is 20.8 Å². The zero-order chi connectivity index (χ0) is 20.4. The molecule has 0 bridgehead atoms. The van der Waals surface area contributed by atoms with E-state index < -0.39 is 0 Å². The Hall–Kier alpha value is -2.55. The molecule has 156 valence electrons. The first kappa shape index (κ1) is 19.8. The largest absolute Gasteiger partial charge is 0.378 e. The second-order valence-corrected chi connectivity index (χ2v) is 8.53. The SMILES string of the molecule is CC(C)(C)c1ncnc(N2CCC(Nc3ccnc(N4CCOCC4)n3)C2)c1F. The van der Waals surface area contributed by atoms with Crippen LogP contribution in [-0.2, 0) is 10.2 Å². The summed E-state index contributed by atoms with van der Waals surface area (Å²) in [6, 6.07) is 2.03. The number of ether oxygens (including phenoxy) is 1. The summed E-state index contributed by atoms with van der Waals surface area (Å²) in [6.45, 7) is 10.2. The van der Waals surface area contributed by atoms with Crippen molar-refractivity contribution in [1.82, 2.24) is 19.9 Å². The number of nitrogens with one attached hydrogen (secondary N) is 1. The van der Waals surface area contributed by atoms with Crippen molar-refractivity contribution in [2.75, 3.05) is 54.5 Å². The molecule has 0 aliphatic carbocycles. The summed E-state index contributed by atoms with van der Waals surface area (Å²) in [5.74, 6) is 1.56. The molecule has 4 rings (SSSR count). The smallest absolute Gasteiger partial charge is 0.227 e. The van der Waals surface area contributed by atoms with E-state index in [1.54, 1.807) is 6.20 Å². The van der Waals surface area contributed by atoms with Crippen LogP contribution in [0.3, 0.4) is 0 Å². The van der Waals surface area contributed by atoms with E-state index >= 15 is 4.39 Å². The minimum Gasteiger partial charge on any atom is -0.378 e. The number of rotatable bonds is 4. The third kappa shape index (κ3) is 4.39. The minimum atomic E-state index is -0.365. The van der Waals surface area contributed by atoms with E-state index in [0.717, 1.165) is 31.9 Å². The van der Waals surface area contributed by atoms with Gasteiger partial charge >= 0.3 is 0 Å². The Balaban J connectivity index is 1.43.